The fourth-order valence-electron chi connectivity index (χ4n) is 1.93. The number of hydrogen-bond donors (Lipinski definition) is 3. The van der Waals surface area contributed by atoms with E-state index in [1.165, 1.54) is 0 Å². The molecule has 0 unspecified atom stereocenters. The van der Waals surface area contributed by atoms with Crippen molar-refractivity contribution in [2.45, 2.75) is 13.3 Å². The van der Waals surface area contributed by atoms with Crippen LogP contribution in [0.3, 0.4) is 0 Å². The molecule has 5 nitrogen and oxygen atoms in total. The quantitative estimate of drug-likeness (QED) is 0.732. The number of aryl methyl sites for hydroxylation is 1. The summed E-state index contributed by atoms with van der Waals surface area (Å²) < 4.78 is 0. The van der Waals surface area contributed by atoms with Gasteiger partial charge in [-0.25, -0.2) is 4.98 Å². The maximum Gasteiger partial charge on any atom is 0.252 e. The maximum absolute atomic E-state index is 12.2. The second-order valence-corrected chi connectivity index (χ2v) is 4.64. The molecule has 1 heterocycles. The lowest BCUT2D eigenvalue weighted by Crippen LogP contribution is -2.26. The van der Waals surface area contributed by atoms with E-state index in [-0.39, 0.29) is 12.5 Å². The maximum atomic E-state index is 12.2. The van der Waals surface area contributed by atoms with Gasteiger partial charge >= 0.3 is 0 Å². The van der Waals surface area contributed by atoms with Crippen LogP contribution in [-0.4, -0.2) is 29.0 Å². The van der Waals surface area contributed by atoms with Gasteiger partial charge in [0.15, 0.2) is 0 Å². The molecule has 0 aliphatic rings. The zero-order valence-corrected chi connectivity index (χ0v) is 11.9. The number of imidazole rings is 1. The Kier molecular flexibility index (Phi) is 5.13. The Morgan fingerprint density at radius 2 is 2.33 bits per heavy atom. The number of nitrogens with two attached hydrogens (primary N) is 1. The molecule has 0 spiro atoms. The molecule has 0 aliphatic carbocycles. The summed E-state index contributed by atoms with van der Waals surface area (Å²) in [7, 11) is 0. The predicted molar refractivity (Wildman–Crippen MR) is 81.7 cm³/mol. The number of nitrogens with one attached hydrogen (secondary N) is 2. The van der Waals surface area contributed by atoms with E-state index in [1.54, 1.807) is 18.6 Å². The van der Waals surface area contributed by atoms with Crippen molar-refractivity contribution in [1.82, 2.24) is 15.3 Å². The third-order valence-corrected chi connectivity index (χ3v) is 2.98. The van der Waals surface area contributed by atoms with Crippen molar-refractivity contribution < 1.29 is 4.79 Å². The minimum absolute atomic E-state index is 0.129. The highest BCUT2D eigenvalue weighted by atomic mass is 16.1. The Bertz CT molecular complexity index is 665. The number of rotatable bonds is 4. The van der Waals surface area contributed by atoms with Crippen LogP contribution in [0.1, 0.15) is 27.2 Å². The van der Waals surface area contributed by atoms with Crippen molar-refractivity contribution in [3.63, 3.8) is 0 Å². The Balaban J connectivity index is 2.04. The van der Waals surface area contributed by atoms with E-state index in [2.05, 4.69) is 27.1 Å². The highest BCUT2D eigenvalue weighted by molar-refractivity contribution is 5.96. The summed E-state index contributed by atoms with van der Waals surface area (Å²) in [5, 5.41) is 2.89. The summed E-state index contributed by atoms with van der Waals surface area (Å²) in [4.78, 5) is 19.2. The van der Waals surface area contributed by atoms with Gasteiger partial charge in [0.2, 0.25) is 0 Å². The van der Waals surface area contributed by atoms with E-state index < -0.39 is 0 Å². The van der Waals surface area contributed by atoms with Gasteiger partial charge in [-0.15, -0.1) is 0 Å². The molecule has 0 aliphatic heterocycles. The first kappa shape index (κ1) is 14.8. The SMILES string of the molecule is Cc1ccc(C(=O)NCCc2cnc[nH]2)c(C#CCN)c1. The number of hydrogen-bond acceptors (Lipinski definition) is 3. The minimum Gasteiger partial charge on any atom is -0.352 e. The molecule has 0 saturated heterocycles. The highest BCUT2D eigenvalue weighted by Gasteiger charge is 2.10. The van der Waals surface area contributed by atoms with E-state index >= 15 is 0 Å². The zero-order chi connectivity index (χ0) is 15.1. The van der Waals surface area contributed by atoms with Crippen LogP contribution in [0.5, 0.6) is 0 Å². The summed E-state index contributed by atoms with van der Waals surface area (Å²) in [6, 6.07) is 5.59. The van der Waals surface area contributed by atoms with Gasteiger partial charge in [0.05, 0.1) is 18.4 Å². The van der Waals surface area contributed by atoms with E-state index in [0.717, 1.165) is 11.3 Å². The van der Waals surface area contributed by atoms with Crippen LogP contribution in [-0.2, 0) is 6.42 Å². The smallest absolute Gasteiger partial charge is 0.252 e. The Morgan fingerprint density at radius 1 is 1.48 bits per heavy atom. The second-order valence-electron chi connectivity index (χ2n) is 4.64. The van der Waals surface area contributed by atoms with Crippen molar-refractivity contribution in [1.29, 1.82) is 0 Å². The van der Waals surface area contributed by atoms with Gasteiger partial charge in [-0.2, -0.15) is 0 Å². The average molecular weight is 282 g/mol. The van der Waals surface area contributed by atoms with Crippen LogP contribution < -0.4 is 11.1 Å². The number of nitrogens with zero attached hydrogens (tertiary/aromatic N) is 1. The fraction of sp³-hybridized carbons (Fsp3) is 0.250. The molecule has 0 fully saturated rings. The van der Waals surface area contributed by atoms with Gasteiger partial charge in [-0.1, -0.05) is 17.9 Å². The molecule has 0 radical (unpaired) electrons. The van der Waals surface area contributed by atoms with Crippen LogP contribution in [0.2, 0.25) is 0 Å². The Morgan fingerprint density at radius 3 is 3.05 bits per heavy atom. The molecule has 1 aromatic heterocycles. The van der Waals surface area contributed by atoms with Crippen molar-refractivity contribution >= 4 is 5.91 Å². The minimum atomic E-state index is -0.129. The molecule has 1 amide bonds. The second kappa shape index (κ2) is 7.27. The van der Waals surface area contributed by atoms with Crippen molar-refractivity contribution in [3.05, 3.63) is 53.1 Å². The highest BCUT2D eigenvalue weighted by Crippen LogP contribution is 2.10. The molecule has 108 valence electrons. The van der Waals surface area contributed by atoms with Gasteiger partial charge in [0.1, 0.15) is 0 Å². The molecule has 2 aromatic rings. The Labute approximate surface area is 124 Å². The molecule has 0 saturated carbocycles. The first-order valence-corrected chi connectivity index (χ1v) is 6.75. The number of amides is 1. The number of carbonyl (C=O) groups is 1. The third-order valence-electron chi connectivity index (χ3n) is 2.98. The molecule has 0 atom stereocenters. The van der Waals surface area contributed by atoms with Gasteiger partial charge in [-0.3, -0.25) is 4.79 Å². The summed E-state index contributed by atoms with van der Waals surface area (Å²) in [6.45, 7) is 2.78. The van der Waals surface area contributed by atoms with Crippen LogP contribution in [0, 0.1) is 18.8 Å². The normalized spacial score (nSPS) is 9.81. The summed E-state index contributed by atoms with van der Waals surface area (Å²) in [5.74, 6) is 5.61. The van der Waals surface area contributed by atoms with Crippen LogP contribution in [0.15, 0.2) is 30.7 Å². The van der Waals surface area contributed by atoms with Crippen LogP contribution >= 0.6 is 0 Å². The monoisotopic (exact) mass is 282 g/mol. The topological polar surface area (TPSA) is 83.8 Å². The first-order valence-electron chi connectivity index (χ1n) is 6.75. The molecule has 5 heteroatoms. The lowest BCUT2D eigenvalue weighted by Gasteiger charge is -2.07. The number of benzene rings is 1. The van der Waals surface area contributed by atoms with E-state index in [0.29, 0.717) is 24.1 Å². The van der Waals surface area contributed by atoms with Gasteiger partial charge in [-0.05, 0) is 24.6 Å². The average Bonchev–Trinajstić information content (AvgIpc) is 2.98. The molecule has 2 rings (SSSR count). The standard InChI is InChI=1S/C16H18N4O/c1-12-4-5-15(13(9-12)3-2-7-17)16(21)19-8-6-14-10-18-11-20-14/h4-5,9-11H,6-8,17H2,1H3,(H,18,20)(H,19,21). The summed E-state index contributed by atoms with van der Waals surface area (Å²) >= 11 is 0. The molecular formula is C16H18N4O. The fourth-order valence-corrected chi connectivity index (χ4v) is 1.93. The van der Waals surface area contributed by atoms with Crippen LogP contribution in [0.25, 0.3) is 0 Å². The van der Waals surface area contributed by atoms with Crippen LogP contribution in [0.4, 0.5) is 0 Å². The molecular weight excluding hydrogens is 264 g/mol. The summed E-state index contributed by atoms with van der Waals surface area (Å²) in [6.07, 6.45) is 4.08. The third kappa shape index (κ3) is 4.20. The zero-order valence-electron chi connectivity index (χ0n) is 11.9. The van der Waals surface area contributed by atoms with Gasteiger partial charge in [0.25, 0.3) is 5.91 Å². The lowest BCUT2D eigenvalue weighted by molar-refractivity contribution is 0.0954. The first-order chi connectivity index (χ1) is 10.2. The number of H-pyrrole nitrogens is 1. The summed E-state index contributed by atoms with van der Waals surface area (Å²) in [5.41, 5.74) is 8.72. The largest absolute Gasteiger partial charge is 0.352 e. The predicted octanol–water partition coefficient (Wildman–Crippen LogP) is 1.00. The van der Waals surface area contributed by atoms with Crippen molar-refractivity contribution in [2.24, 2.45) is 5.73 Å². The Hall–Kier alpha value is -2.58. The number of aromatic nitrogens is 2. The number of aromatic amines is 1. The van der Waals surface area contributed by atoms with E-state index in [4.69, 9.17) is 5.73 Å². The van der Waals surface area contributed by atoms with Crippen molar-refractivity contribution in [3.8, 4) is 11.8 Å². The van der Waals surface area contributed by atoms with Crippen molar-refractivity contribution in [2.75, 3.05) is 13.1 Å². The van der Waals surface area contributed by atoms with Gasteiger partial charge < -0.3 is 16.0 Å². The molecule has 0 bridgehead atoms. The molecule has 21 heavy (non-hydrogen) atoms. The lowest BCUT2D eigenvalue weighted by atomic mass is 10.0. The molecule has 4 N–H and O–H groups in total. The van der Waals surface area contributed by atoms with Gasteiger partial charge in [0, 0.05) is 30.4 Å². The number of carbonyl (C=O) groups excluding carboxylic acids is 1. The van der Waals surface area contributed by atoms with E-state index in [1.807, 2.05) is 19.1 Å². The van der Waals surface area contributed by atoms with E-state index in [9.17, 15) is 4.79 Å². The molecule has 1 aromatic carbocycles.